The van der Waals surface area contributed by atoms with Crippen LogP contribution in [0.4, 0.5) is 0 Å². The zero-order valence-corrected chi connectivity index (χ0v) is 22.0. The molecule has 9 nitrogen and oxygen atoms in total. The first-order valence-corrected chi connectivity index (χ1v) is 13.1. The first-order valence-electron chi connectivity index (χ1n) is 13.1. The SMILES string of the molecule is CN(Cc1ccccc1)C(=O)c1cc(-c2ccnn2-c2ccc(OCCN3CCNCC3)cc2)c(O)cc1O. The van der Waals surface area contributed by atoms with Crippen LogP contribution in [0.1, 0.15) is 15.9 Å². The number of nitrogens with zero attached hydrogens (tertiary/aromatic N) is 4. The smallest absolute Gasteiger partial charge is 0.257 e. The Bertz CT molecular complexity index is 1400. The monoisotopic (exact) mass is 527 g/mol. The molecule has 0 bridgehead atoms. The molecule has 0 spiro atoms. The van der Waals surface area contributed by atoms with Gasteiger partial charge in [0.15, 0.2) is 0 Å². The van der Waals surface area contributed by atoms with E-state index in [0.717, 1.165) is 49.7 Å². The van der Waals surface area contributed by atoms with Crippen LogP contribution in [0.2, 0.25) is 0 Å². The number of piperazine rings is 1. The van der Waals surface area contributed by atoms with Crippen molar-refractivity contribution in [2.45, 2.75) is 6.54 Å². The van der Waals surface area contributed by atoms with E-state index in [4.69, 9.17) is 4.74 Å². The van der Waals surface area contributed by atoms with Crippen LogP contribution in [0.25, 0.3) is 16.9 Å². The van der Waals surface area contributed by atoms with Gasteiger partial charge in [-0.25, -0.2) is 4.68 Å². The third-order valence-corrected chi connectivity index (χ3v) is 6.84. The minimum atomic E-state index is -0.356. The minimum Gasteiger partial charge on any atom is -0.507 e. The maximum atomic E-state index is 13.2. The number of hydrogen-bond donors (Lipinski definition) is 3. The molecule has 4 aromatic rings. The van der Waals surface area contributed by atoms with E-state index in [2.05, 4.69) is 15.3 Å². The largest absolute Gasteiger partial charge is 0.507 e. The molecule has 1 fully saturated rings. The number of aromatic hydroxyl groups is 2. The van der Waals surface area contributed by atoms with Crippen LogP contribution in [0.5, 0.6) is 17.2 Å². The Kier molecular flexibility index (Phi) is 8.10. The van der Waals surface area contributed by atoms with E-state index in [0.29, 0.717) is 24.4 Å². The van der Waals surface area contributed by atoms with Crippen molar-refractivity contribution in [1.29, 1.82) is 0 Å². The molecule has 0 atom stereocenters. The van der Waals surface area contributed by atoms with Gasteiger partial charge in [0.05, 0.1) is 23.1 Å². The van der Waals surface area contributed by atoms with Crippen molar-refractivity contribution in [2.24, 2.45) is 0 Å². The first kappa shape index (κ1) is 26.3. The number of nitrogens with one attached hydrogen (secondary N) is 1. The Morgan fingerprint density at radius 1 is 1.00 bits per heavy atom. The summed E-state index contributed by atoms with van der Waals surface area (Å²) in [6.07, 6.45) is 1.63. The summed E-state index contributed by atoms with van der Waals surface area (Å²) >= 11 is 0. The number of ether oxygens (including phenoxy) is 1. The van der Waals surface area contributed by atoms with Crippen molar-refractivity contribution in [3.05, 3.63) is 90.1 Å². The third kappa shape index (κ3) is 6.22. The fraction of sp³-hybridized carbons (Fsp3) is 0.267. The van der Waals surface area contributed by atoms with E-state index in [1.54, 1.807) is 24.0 Å². The Balaban J connectivity index is 1.32. The number of phenols is 2. The number of carbonyl (C=O) groups is 1. The van der Waals surface area contributed by atoms with Crippen LogP contribution in [-0.4, -0.2) is 82.1 Å². The third-order valence-electron chi connectivity index (χ3n) is 6.84. The van der Waals surface area contributed by atoms with Gasteiger partial charge < -0.3 is 25.2 Å². The summed E-state index contributed by atoms with van der Waals surface area (Å²) in [5.74, 6) is -0.0192. The minimum absolute atomic E-state index is 0.0993. The molecule has 202 valence electrons. The van der Waals surface area contributed by atoms with Crippen molar-refractivity contribution in [1.82, 2.24) is 24.9 Å². The van der Waals surface area contributed by atoms with Gasteiger partial charge in [-0.05, 0) is 42.0 Å². The highest BCUT2D eigenvalue weighted by Gasteiger charge is 2.21. The van der Waals surface area contributed by atoms with Crippen LogP contribution in [0.15, 0.2) is 79.0 Å². The number of aromatic nitrogens is 2. The molecule has 39 heavy (non-hydrogen) atoms. The highest BCUT2D eigenvalue weighted by molar-refractivity contribution is 5.98. The normalized spacial score (nSPS) is 13.8. The van der Waals surface area contributed by atoms with E-state index in [1.165, 1.54) is 17.0 Å². The summed E-state index contributed by atoms with van der Waals surface area (Å²) in [4.78, 5) is 17.1. The average Bonchev–Trinajstić information content (AvgIpc) is 3.44. The van der Waals surface area contributed by atoms with Crippen molar-refractivity contribution in [2.75, 3.05) is 46.4 Å². The van der Waals surface area contributed by atoms with Gasteiger partial charge >= 0.3 is 0 Å². The first-order chi connectivity index (χ1) is 19.0. The molecule has 3 aromatic carbocycles. The van der Waals surface area contributed by atoms with Crippen molar-refractivity contribution >= 4 is 5.91 Å². The molecular formula is C30H33N5O4. The van der Waals surface area contributed by atoms with Gasteiger partial charge in [-0.3, -0.25) is 9.69 Å². The topological polar surface area (TPSA) is 103 Å². The van der Waals surface area contributed by atoms with Crippen molar-refractivity contribution in [3.8, 4) is 34.2 Å². The number of rotatable bonds is 9. The number of carbonyl (C=O) groups excluding carboxylic acids is 1. The Labute approximate surface area is 227 Å². The Morgan fingerprint density at radius 3 is 2.49 bits per heavy atom. The Hall–Kier alpha value is -4.34. The van der Waals surface area contributed by atoms with Gasteiger partial charge in [0.1, 0.15) is 23.9 Å². The fourth-order valence-corrected chi connectivity index (χ4v) is 4.71. The van der Waals surface area contributed by atoms with E-state index in [-0.39, 0.29) is 23.0 Å². The summed E-state index contributed by atoms with van der Waals surface area (Å²) in [5.41, 5.74) is 2.81. The van der Waals surface area contributed by atoms with Gasteiger partial charge in [-0.1, -0.05) is 30.3 Å². The van der Waals surface area contributed by atoms with E-state index in [9.17, 15) is 15.0 Å². The average molecular weight is 528 g/mol. The molecular weight excluding hydrogens is 494 g/mol. The fourth-order valence-electron chi connectivity index (χ4n) is 4.71. The summed E-state index contributed by atoms with van der Waals surface area (Å²) in [6, 6.07) is 21.7. The molecule has 1 amide bonds. The predicted molar refractivity (Wildman–Crippen MR) is 149 cm³/mol. The maximum Gasteiger partial charge on any atom is 0.257 e. The van der Waals surface area contributed by atoms with Crippen LogP contribution in [0, 0.1) is 0 Å². The quantitative estimate of drug-likeness (QED) is 0.306. The zero-order valence-electron chi connectivity index (χ0n) is 22.0. The molecule has 1 aliphatic rings. The lowest BCUT2D eigenvalue weighted by molar-refractivity contribution is 0.0782. The number of amides is 1. The molecule has 1 aliphatic heterocycles. The van der Waals surface area contributed by atoms with Gasteiger partial charge in [0.2, 0.25) is 0 Å². The lowest BCUT2D eigenvalue weighted by atomic mass is 10.0. The Morgan fingerprint density at radius 2 is 1.74 bits per heavy atom. The molecule has 1 aromatic heterocycles. The molecule has 9 heteroatoms. The lowest BCUT2D eigenvalue weighted by Gasteiger charge is -2.26. The zero-order chi connectivity index (χ0) is 27.2. The van der Waals surface area contributed by atoms with Gasteiger partial charge in [0.25, 0.3) is 5.91 Å². The molecule has 0 aliphatic carbocycles. The second-order valence-corrected chi connectivity index (χ2v) is 9.60. The van der Waals surface area contributed by atoms with Crippen LogP contribution >= 0.6 is 0 Å². The second-order valence-electron chi connectivity index (χ2n) is 9.60. The van der Waals surface area contributed by atoms with Crippen LogP contribution in [-0.2, 0) is 6.54 Å². The maximum absolute atomic E-state index is 13.2. The molecule has 5 rings (SSSR count). The summed E-state index contributed by atoms with van der Waals surface area (Å²) in [5, 5.41) is 29.0. The summed E-state index contributed by atoms with van der Waals surface area (Å²) in [7, 11) is 1.68. The number of benzene rings is 3. The molecule has 2 heterocycles. The molecule has 3 N–H and O–H groups in total. The second kappa shape index (κ2) is 12.0. The molecule has 0 saturated carbocycles. The highest BCUT2D eigenvalue weighted by Crippen LogP contribution is 2.36. The van der Waals surface area contributed by atoms with E-state index >= 15 is 0 Å². The van der Waals surface area contributed by atoms with Crippen molar-refractivity contribution < 1.29 is 19.7 Å². The van der Waals surface area contributed by atoms with Crippen LogP contribution < -0.4 is 10.1 Å². The van der Waals surface area contributed by atoms with Crippen molar-refractivity contribution in [3.63, 3.8) is 0 Å². The molecule has 1 saturated heterocycles. The van der Waals surface area contributed by atoms with E-state index in [1.807, 2.05) is 54.6 Å². The summed E-state index contributed by atoms with van der Waals surface area (Å²) < 4.78 is 7.61. The number of phenolic OH excluding ortho intramolecular Hbond substituents is 2. The van der Waals surface area contributed by atoms with E-state index < -0.39 is 0 Å². The lowest BCUT2D eigenvalue weighted by Crippen LogP contribution is -2.44. The van der Waals surface area contributed by atoms with Gasteiger partial charge in [-0.2, -0.15) is 5.10 Å². The van der Waals surface area contributed by atoms with Gasteiger partial charge in [-0.15, -0.1) is 0 Å². The molecule has 0 unspecified atom stereocenters. The predicted octanol–water partition coefficient (Wildman–Crippen LogP) is 3.51. The molecule has 0 radical (unpaired) electrons. The number of hydrogen-bond acceptors (Lipinski definition) is 7. The standard InChI is InChI=1S/C30H33N5O4/c1-33(21-22-5-3-2-4-6-22)30(38)26-19-25(28(36)20-29(26)37)27-11-12-32-35(27)23-7-9-24(10-8-23)39-18-17-34-15-13-31-14-16-34/h2-12,19-20,31,36-37H,13-18,21H2,1H3. The highest BCUT2D eigenvalue weighted by atomic mass is 16.5. The van der Waals surface area contributed by atoms with Crippen LogP contribution in [0.3, 0.4) is 0 Å². The summed E-state index contributed by atoms with van der Waals surface area (Å²) in [6.45, 7) is 5.97. The van der Waals surface area contributed by atoms with Gasteiger partial charge in [0, 0.05) is 57.9 Å².